The van der Waals surface area contributed by atoms with Gasteiger partial charge in [-0.25, -0.2) is 19.5 Å². The van der Waals surface area contributed by atoms with E-state index < -0.39 is 29.9 Å². The summed E-state index contributed by atoms with van der Waals surface area (Å²) in [5.41, 5.74) is 12.3. The quantitative estimate of drug-likeness (QED) is 0.267. The Labute approximate surface area is 180 Å². The molecule has 0 spiro atoms. The van der Waals surface area contributed by atoms with Gasteiger partial charge in [0.2, 0.25) is 11.9 Å². The number of amidine groups is 1. The largest absolute Gasteiger partial charge is 0.461 e. The Morgan fingerprint density at radius 1 is 1.26 bits per heavy atom. The first-order valence-electron chi connectivity index (χ1n) is 10.3. The number of guanidine groups is 1. The summed E-state index contributed by atoms with van der Waals surface area (Å²) in [5, 5.41) is 2.77. The summed E-state index contributed by atoms with van der Waals surface area (Å²) in [6.45, 7) is 1.80. The molecule has 0 bridgehead atoms. The van der Waals surface area contributed by atoms with Gasteiger partial charge in [0.25, 0.3) is 0 Å². The lowest BCUT2D eigenvalue weighted by Gasteiger charge is -2.44. The molecule has 2 fully saturated rings. The molecule has 10 heteroatoms. The maximum Gasteiger partial charge on any atom is 0.330 e. The van der Waals surface area contributed by atoms with E-state index in [1.165, 1.54) is 7.05 Å². The maximum absolute atomic E-state index is 12.8. The summed E-state index contributed by atoms with van der Waals surface area (Å²) in [7, 11) is 1.46. The number of carbonyl (C=O) groups excluding carboxylic acids is 3. The minimum atomic E-state index is -1.07. The van der Waals surface area contributed by atoms with Gasteiger partial charge in [-0.05, 0) is 31.7 Å². The average Bonchev–Trinajstić information content (AvgIpc) is 2.72. The summed E-state index contributed by atoms with van der Waals surface area (Å²) in [6, 6.07) is 7.24. The smallest absolute Gasteiger partial charge is 0.330 e. The lowest BCUT2D eigenvalue weighted by atomic mass is 9.84. The van der Waals surface area contributed by atoms with Gasteiger partial charge in [0, 0.05) is 13.5 Å². The Balaban J connectivity index is 1.74. The van der Waals surface area contributed by atoms with Gasteiger partial charge in [-0.15, -0.1) is 0 Å². The number of amides is 3. The Bertz CT molecular complexity index is 896. The fourth-order valence-corrected chi connectivity index (χ4v) is 3.51. The summed E-state index contributed by atoms with van der Waals surface area (Å²) in [4.78, 5) is 46.9. The molecule has 1 aromatic rings. The molecule has 3 atom stereocenters. The first-order valence-corrected chi connectivity index (χ1v) is 10.3. The van der Waals surface area contributed by atoms with Gasteiger partial charge < -0.3 is 21.5 Å². The summed E-state index contributed by atoms with van der Waals surface area (Å²) in [6.07, 6.45) is 2.34. The molecule has 31 heavy (non-hydrogen) atoms. The van der Waals surface area contributed by atoms with Crippen LogP contribution in [0, 0.1) is 5.92 Å². The van der Waals surface area contributed by atoms with E-state index >= 15 is 0 Å². The van der Waals surface area contributed by atoms with Gasteiger partial charge in [-0.3, -0.25) is 9.79 Å². The standard InChI is InChI=1S/C21H28N6O4/c1-12(13-7-4-3-5-8-13)25-21(30)27-17(19(29)31-14-9-6-10-14)15(18(27)28)11-16(22)26-20(23)24-2/h3-5,7-8,12,14-15,17H,6,9-11H2,1-2H3,(H,25,30)(H4,22,23,24,26)/t12-,15?,17?/m1/s1. The van der Waals surface area contributed by atoms with Crippen molar-refractivity contribution < 1.29 is 19.1 Å². The zero-order chi connectivity index (χ0) is 22.5. The van der Waals surface area contributed by atoms with Crippen LogP contribution < -0.4 is 16.8 Å². The number of nitrogens with two attached hydrogens (primary N) is 2. The number of benzene rings is 1. The highest BCUT2D eigenvalue weighted by atomic mass is 16.5. The molecule has 1 aliphatic heterocycles. The predicted molar refractivity (Wildman–Crippen MR) is 115 cm³/mol. The second-order valence-corrected chi connectivity index (χ2v) is 7.72. The topological polar surface area (TPSA) is 152 Å². The van der Waals surface area contributed by atoms with Crippen molar-refractivity contribution in [1.29, 1.82) is 0 Å². The Morgan fingerprint density at radius 3 is 2.52 bits per heavy atom. The van der Waals surface area contributed by atoms with Crippen molar-refractivity contribution in [3.63, 3.8) is 0 Å². The minimum absolute atomic E-state index is 0.0303. The third kappa shape index (κ3) is 5.01. The number of likely N-dealkylation sites (tertiary alicyclic amines) is 1. The molecular weight excluding hydrogens is 400 g/mol. The lowest BCUT2D eigenvalue weighted by molar-refractivity contribution is -0.175. The van der Waals surface area contributed by atoms with Crippen molar-refractivity contribution in [1.82, 2.24) is 10.2 Å². The normalized spacial score (nSPS) is 22.9. The van der Waals surface area contributed by atoms with Crippen molar-refractivity contribution in [2.45, 2.75) is 50.8 Å². The van der Waals surface area contributed by atoms with E-state index in [1.807, 2.05) is 30.3 Å². The van der Waals surface area contributed by atoms with E-state index in [1.54, 1.807) is 6.92 Å². The molecule has 1 aliphatic carbocycles. The number of carbonyl (C=O) groups is 3. The predicted octanol–water partition coefficient (Wildman–Crippen LogP) is 1.07. The summed E-state index contributed by atoms with van der Waals surface area (Å²) < 4.78 is 5.48. The summed E-state index contributed by atoms with van der Waals surface area (Å²) >= 11 is 0. The van der Waals surface area contributed by atoms with Crippen LogP contribution in [-0.2, 0) is 14.3 Å². The first kappa shape index (κ1) is 22.3. The molecular formula is C21H28N6O4. The van der Waals surface area contributed by atoms with E-state index in [4.69, 9.17) is 16.2 Å². The number of hydrogen-bond acceptors (Lipinski definition) is 5. The van der Waals surface area contributed by atoms with E-state index in [0.717, 1.165) is 29.7 Å². The van der Waals surface area contributed by atoms with Crippen LogP contribution in [0.3, 0.4) is 0 Å². The van der Waals surface area contributed by atoms with E-state index in [-0.39, 0.29) is 30.4 Å². The molecule has 10 nitrogen and oxygen atoms in total. The number of β-lactam (4-membered cyclic amide) rings is 1. The van der Waals surface area contributed by atoms with Crippen molar-refractivity contribution in [3.05, 3.63) is 35.9 Å². The molecule has 5 N–H and O–H groups in total. The lowest BCUT2D eigenvalue weighted by Crippen LogP contribution is -2.69. The Kier molecular flexibility index (Phi) is 6.88. The van der Waals surface area contributed by atoms with Gasteiger partial charge in [0.15, 0.2) is 6.04 Å². The zero-order valence-electron chi connectivity index (χ0n) is 17.7. The Morgan fingerprint density at radius 2 is 1.94 bits per heavy atom. The monoisotopic (exact) mass is 428 g/mol. The summed E-state index contributed by atoms with van der Waals surface area (Å²) in [5.74, 6) is -1.95. The highest BCUT2D eigenvalue weighted by molar-refractivity contribution is 6.09. The molecule has 2 unspecified atom stereocenters. The van der Waals surface area contributed by atoms with Crippen LogP contribution in [0.4, 0.5) is 4.79 Å². The van der Waals surface area contributed by atoms with Crippen LogP contribution in [0.1, 0.15) is 44.2 Å². The number of ether oxygens (including phenoxy) is 1. The maximum atomic E-state index is 12.8. The van der Waals surface area contributed by atoms with Crippen molar-refractivity contribution >= 4 is 29.7 Å². The number of hydrogen-bond donors (Lipinski definition) is 3. The van der Waals surface area contributed by atoms with E-state index in [0.29, 0.717) is 0 Å². The zero-order valence-corrected chi connectivity index (χ0v) is 17.7. The number of imide groups is 1. The van der Waals surface area contributed by atoms with Crippen LogP contribution in [0.5, 0.6) is 0 Å². The van der Waals surface area contributed by atoms with Gasteiger partial charge in [-0.1, -0.05) is 30.3 Å². The molecule has 3 amide bonds. The van der Waals surface area contributed by atoms with Gasteiger partial charge in [0.05, 0.1) is 12.0 Å². The number of nitrogens with one attached hydrogen (secondary N) is 1. The van der Waals surface area contributed by atoms with Crippen molar-refractivity contribution in [2.75, 3.05) is 7.05 Å². The molecule has 1 saturated heterocycles. The van der Waals surface area contributed by atoms with Crippen molar-refractivity contribution in [3.8, 4) is 0 Å². The highest BCUT2D eigenvalue weighted by Gasteiger charge is 2.56. The number of esters is 1. The first-order chi connectivity index (χ1) is 14.8. The molecule has 2 aliphatic rings. The SMILES string of the molecule is CN=C(N)N=C(N)CC1C(=O)N(C(=O)N[C@H](C)c2ccccc2)C1C(=O)OC1CCC1. The number of aliphatic imine (C=N–C) groups is 2. The van der Waals surface area contributed by atoms with Crippen molar-refractivity contribution in [2.24, 2.45) is 27.4 Å². The molecule has 166 valence electrons. The van der Waals surface area contributed by atoms with Crippen LogP contribution in [0.25, 0.3) is 0 Å². The molecule has 1 saturated carbocycles. The third-order valence-corrected chi connectivity index (χ3v) is 5.57. The highest BCUT2D eigenvalue weighted by Crippen LogP contribution is 2.33. The van der Waals surface area contributed by atoms with Crippen LogP contribution >= 0.6 is 0 Å². The van der Waals surface area contributed by atoms with Crippen LogP contribution in [-0.4, -0.2) is 53.8 Å². The number of urea groups is 1. The third-order valence-electron chi connectivity index (χ3n) is 5.57. The molecule has 1 aromatic carbocycles. The fourth-order valence-electron chi connectivity index (χ4n) is 3.51. The van der Waals surface area contributed by atoms with Gasteiger partial charge in [-0.2, -0.15) is 0 Å². The van der Waals surface area contributed by atoms with Crippen LogP contribution in [0.15, 0.2) is 40.3 Å². The molecule has 3 rings (SSSR count). The second kappa shape index (κ2) is 9.59. The Hall–Kier alpha value is -3.43. The molecule has 1 heterocycles. The number of nitrogens with zero attached hydrogens (tertiary/aromatic N) is 3. The van der Waals surface area contributed by atoms with Crippen LogP contribution in [0.2, 0.25) is 0 Å². The second-order valence-electron chi connectivity index (χ2n) is 7.72. The molecule has 0 aromatic heterocycles. The van der Waals surface area contributed by atoms with E-state index in [9.17, 15) is 14.4 Å². The van der Waals surface area contributed by atoms with E-state index in [2.05, 4.69) is 15.3 Å². The average molecular weight is 428 g/mol. The fraction of sp³-hybridized carbons (Fsp3) is 0.476. The van der Waals surface area contributed by atoms with Gasteiger partial charge >= 0.3 is 12.0 Å². The minimum Gasteiger partial charge on any atom is -0.461 e. The van der Waals surface area contributed by atoms with Gasteiger partial charge in [0.1, 0.15) is 11.9 Å². The molecule has 0 radical (unpaired) electrons. The number of rotatable bonds is 6.